The number of ketones is 1. The first kappa shape index (κ1) is 14.9. The average Bonchev–Trinajstić information content (AvgIpc) is 3.21. The number of hydrogen-bond donors (Lipinski definition) is 0. The SMILES string of the molecule is CCSCc1cc(Br)ccc1C(=O)c1cnoc1C1CC1. The first-order valence-corrected chi connectivity index (χ1v) is 9.01. The van der Waals surface area contributed by atoms with Gasteiger partial charge in [0.2, 0.25) is 0 Å². The molecular weight excluding hydrogens is 350 g/mol. The van der Waals surface area contributed by atoms with Crippen molar-refractivity contribution in [2.24, 2.45) is 0 Å². The Hall–Kier alpha value is -1.07. The second kappa shape index (κ2) is 6.36. The summed E-state index contributed by atoms with van der Waals surface area (Å²) in [4.78, 5) is 12.8. The summed E-state index contributed by atoms with van der Waals surface area (Å²) < 4.78 is 6.29. The molecule has 3 nitrogen and oxygen atoms in total. The molecule has 0 atom stereocenters. The maximum atomic E-state index is 12.8. The summed E-state index contributed by atoms with van der Waals surface area (Å²) in [6.07, 6.45) is 3.75. The summed E-state index contributed by atoms with van der Waals surface area (Å²) in [7, 11) is 0. The number of benzene rings is 1. The van der Waals surface area contributed by atoms with Gasteiger partial charge in [-0.2, -0.15) is 11.8 Å². The molecule has 110 valence electrons. The minimum atomic E-state index is 0.0253. The third-order valence-electron chi connectivity index (χ3n) is 3.56. The maximum absolute atomic E-state index is 12.8. The lowest BCUT2D eigenvalue weighted by molar-refractivity contribution is 0.103. The standard InChI is InChI=1S/C16H16BrNO2S/c1-2-21-9-11-7-12(17)5-6-13(11)15(19)14-8-18-20-16(14)10-3-4-10/h5-8,10H,2-4,9H2,1H3. The Labute approximate surface area is 136 Å². The van der Waals surface area contributed by atoms with Gasteiger partial charge >= 0.3 is 0 Å². The van der Waals surface area contributed by atoms with E-state index in [-0.39, 0.29) is 5.78 Å². The van der Waals surface area contributed by atoms with Crippen LogP contribution in [0.3, 0.4) is 0 Å². The van der Waals surface area contributed by atoms with E-state index in [4.69, 9.17) is 4.52 Å². The maximum Gasteiger partial charge on any atom is 0.198 e. The lowest BCUT2D eigenvalue weighted by Crippen LogP contribution is -2.06. The van der Waals surface area contributed by atoms with Gasteiger partial charge in [-0.05, 0) is 42.4 Å². The van der Waals surface area contributed by atoms with Gasteiger partial charge in [0, 0.05) is 21.7 Å². The molecule has 1 fully saturated rings. The topological polar surface area (TPSA) is 43.1 Å². The molecule has 1 aromatic heterocycles. The monoisotopic (exact) mass is 365 g/mol. The van der Waals surface area contributed by atoms with Gasteiger partial charge < -0.3 is 4.52 Å². The molecule has 0 N–H and O–H groups in total. The van der Waals surface area contributed by atoms with E-state index in [1.807, 2.05) is 30.0 Å². The normalized spacial score (nSPS) is 14.4. The van der Waals surface area contributed by atoms with Crippen molar-refractivity contribution in [3.05, 3.63) is 51.3 Å². The molecule has 2 aromatic rings. The summed E-state index contributed by atoms with van der Waals surface area (Å²) in [5.74, 6) is 3.03. The summed E-state index contributed by atoms with van der Waals surface area (Å²) in [6.45, 7) is 2.12. The quantitative estimate of drug-likeness (QED) is 0.689. The average molecular weight is 366 g/mol. The van der Waals surface area contributed by atoms with Crippen molar-refractivity contribution < 1.29 is 9.32 Å². The summed E-state index contributed by atoms with van der Waals surface area (Å²) in [5, 5.41) is 3.83. The minimum absolute atomic E-state index is 0.0253. The molecule has 0 saturated heterocycles. The lowest BCUT2D eigenvalue weighted by Gasteiger charge is -2.08. The largest absolute Gasteiger partial charge is 0.360 e. The first-order chi connectivity index (χ1) is 10.2. The fourth-order valence-corrected chi connectivity index (χ4v) is 3.39. The van der Waals surface area contributed by atoms with E-state index in [0.717, 1.165) is 45.7 Å². The Morgan fingerprint density at radius 1 is 1.43 bits per heavy atom. The van der Waals surface area contributed by atoms with E-state index in [1.54, 1.807) is 6.20 Å². The Kier molecular flexibility index (Phi) is 4.50. The number of aromatic nitrogens is 1. The molecule has 0 radical (unpaired) electrons. The van der Waals surface area contributed by atoms with Crippen molar-refractivity contribution in [1.29, 1.82) is 0 Å². The molecule has 1 heterocycles. The van der Waals surface area contributed by atoms with Crippen LogP contribution in [0, 0.1) is 0 Å². The Bertz CT molecular complexity index is 664. The second-order valence-electron chi connectivity index (χ2n) is 5.15. The molecule has 0 spiro atoms. The van der Waals surface area contributed by atoms with Gasteiger partial charge in [-0.15, -0.1) is 0 Å². The Morgan fingerprint density at radius 3 is 2.95 bits per heavy atom. The lowest BCUT2D eigenvalue weighted by atomic mass is 9.99. The van der Waals surface area contributed by atoms with Gasteiger partial charge in [0.1, 0.15) is 0 Å². The molecule has 21 heavy (non-hydrogen) atoms. The van der Waals surface area contributed by atoms with Crippen LogP contribution >= 0.6 is 27.7 Å². The minimum Gasteiger partial charge on any atom is -0.360 e. The number of carbonyl (C=O) groups excluding carboxylic acids is 1. The number of carbonyl (C=O) groups is 1. The van der Waals surface area contributed by atoms with Crippen molar-refractivity contribution >= 4 is 33.5 Å². The molecule has 5 heteroatoms. The molecule has 0 unspecified atom stereocenters. The fraction of sp³-hybridized carbons (Fsp3) is 0.375. The van der Waals surface area contributed by atoms with Crippen molar-refractivity contribution in [3.63, 3.8) is 0 Å². The second-order valence-corrected chi connectivity index (χ2v) is 7.34. The predicted molar refractivity (Wildman–Crippen MR) is 87.9 cm³/mol. The van der Waals surface area contributed by atoms with Gasteiger partial charge in [-0.3, -0.25) is 4.79 Å². The van der Waals surface area contributed by atoms with Crippen molar-refractivity contribution in [2.75, 3.05) is 5.75 Å². The molecule has 1 aliphatic rings. The highest BCUT2D eigenvalue weighted by molar-refractivity contribution is 9.10. The van der Waals surface area contributed by atoms with Crippen LogP contribution in [0.2, 0.25) is 0 Å². The van der Waals surface area contributed by atoms with Crippen LogP contribution in [0.15, 0.2) is 33.4 Å². The zero-order valence-corrected chi connectivity index (χ0v) is 14.2. The number of thioether (sulfide) groups is 1. The van der Waals surface area contributed by atoms with E-state index in [1.165, 1.54) is 0 Å². The van der Waals surface area contributed by atoms with Crippen LogP contribution in [0.1, 0.15) is 52.9 Å². The Balaban J connectivity index is 1.94. The number of nitrogens with zero attached hydrogens (tertiary/aromatic N) is 1. The fourth-order valence-electron chi connectivity index (χ4n) is 2.32. The van der Waals surface area contributed by atoms with E-state index >= 15 is 0 Å². The summed E-state index contributed by atoms with van der Waals surface area (Å²) in [5.41, 5.74) is 2.44. The molecule has 0 bridgehead atoms. The molecule has 1 saturated carbocycles. The summed E-state index contributed by atoms with van der Waals surface area (Å²) in [6, 6.07) is 5.83. The van der Waals surface area contributed by atoms with E-state index < -0.39 is 0 Å². The van der Waals surface area contributed by atoms with E-state index in [9.17, 15) is 4.79 Å². The third-order valence-corrected chi connectivity index (χ3v) is 4.98. The van der Waals surface area contributed by atoms with Gasteiger partial charge in [0.15, 0.2) is 11.5 Å². The van der Waals surface area contributed by atoms with Crippen molar-refractivity contribution in [3.8, 4) is 0 Å². The van der Waals surface area contributed by atoms with Crippen LogP contribution in [0.5, 0.6) is 0 Å². The van der Waals surface area contributed by atoms with Gasteiger partial charge in [0.25, 0.3) is 0 Å². The molecule has 0 aliphatic heterocycles. The number of hydrogen-bond acceptors (Lipinski definition) is 4. The molecular formula is C16H16BrNO2S. The van der Waals surface area contributed by atoms with E-state index in [2.05, 4.69) is 28.0 Å². The number of rotatable bonds is 6. The molecule has 3 rings (SSSR count). The molecule has 0 amide bonds. The van der Waals surface area contributed by atoms with Crippen molar-refractivity contribution in [1.82, 2.24) is 5.16 Å². The first-order valence-electron chi connectivity index (χ1n) is 7.06. The van der Waals surface area contributed by atoms with Crippen LogP contribution in [-0.2, 0) is 5.75 Å². The highest BCUT2D eigenvalue weighted by atomic mass is 79.9. The smallest absolute Gasteiger partial charge is 0.198 e. The third kappa shape index (κ3) is 3.24. The van der Waals surface area contributed by atoms with Crippen LogP contribution < -0.4 is 0 Å². The van der Waals surface area contributed by atoms with Crippen LogP contribution in [0.4, 0.5) is 0 Å². The van der Waals surface area contributed by atoms with Crippen molar-refractivity contribution in [2.45, 2.75) is 31.4 Å². The van der Waals surface area contributed by atoms with Gasteiger partial charge in [0.05, 0.1) is 11.8 Å². The van der Waals surface area contributed by atoms with Gasteiger partial charge in [-0.25, -0.2) is 0 Å². The highest BCUT2D eigenvalue weighted by Gasteiger charge is 2.33. The Morgan fingerprint density at radius 2 is 2.24 bits per heavy atom. The van der Waals surface area contributed by atoms with E-state index in [0.29, 0.717) is 11.5 Å². The van der Waals surface area contributed by atoms with Gasteiger partial charge in [-0.1, -0.05) is 28.0 Å². The molecule has 1 aromatic carbocycles. The number of halogens is 1. The van der Waals surface area contributed by atoms with Crippen LogP contribution in [-0.4, -0.2) is 16.7 Å². The molecule has 1 aliphatic carbocycles. The predicted octanol–water partition coefficient (Wildman–Crippen LogP) is 4.80. The highest BCUT2D eigenvalue weighted by Crippen LogP contribution is 2.42. The summed E-state index contributed by atoms with van der Waals surface area (Å²) >= 11 is 5.29. The van der Waals surface area contributed by atoms with Crippen LogP contribution in [0.25, 0.3) is 0 Å². The zero-order chi connectivity index (χ0) is 14.8. The zero-order valence-electron chi connectivity index (χ0n) is 11.8.